The Balaban J connectivity index is -0.0000000267. The van der Waals surface area contributed by atoms with Crippen molar-refractivity contribution in [3.05, 3.63) is 0 Å². The second kappa shape index (κ2) is 9.71. The lowest BCUT2D eigenvalue weighted by molar-refractivity contribution is -0.0125. The van der Waals surface area contributed by atoms with E-state index in [2.05, 4.69) is 0 Å². The van der Waals surface area contributed by atoms with Gasteiger partial charge in [0.1, 0.15) is 0 Å². The molecule has 56 valence electrons. The minimum atomic E-state index is -4.03. The minimum Gasteiger partial charge on any atom is -0.161 e. The Labute approximate surface area is 110 Å². The Hall–Kier alpha value is 2.71. The van der Waals surface area contributed by atoms with Gasteiger partial charge in [-0.1, -0.05) is 0 Å². The van der Waals surface area contributed by atoms with E-state index in [0.29, 0.717) is 22.6 Å². The van der Waals surface area contributed by atoms with Gasteiger partial charge in [0.2, 0.25) is 0 Å². The Kier molecular flexibility index (Phi) is 27.2. The number of alkyl halides is 4. The first-order valence-electron chi connectivity index (χ1n) is 0.756. The molecule has 7 heteroatoms. The molecule has 0 N–H and O–H groups in total. The molecule has 0 nitrogen and oxygen atoms in total. The summed E-state index contributed by atoms with van der Waals surface area (Å²) in [6, 6.07) is 0. The predicted octanol–water partition coefficient (Wildman–Crippen LogP) is 3.80. The second-order valence-electron chi connectivity index (χ2n) is 0.429. The fourth-order valence-electron chi connectivity index (χ4n) is 0. The smallest absolute Gasteiger partial charge is 0.161 e. The van der Waals surface area contributed by atoms with Gasteiger partial charge in [0.15, 0.2) is 0 Å². The Bertz CT molecular complexity index is 26.8. The SMILES string of the molecule is FC(F)(F)I.I.I.I. The molecule has 0 aromatic carbocycles. The van der Waals surface area contributed by atoms with Crippen LogP contribution in [0.5, 0.6) is 0 Å². The highest BCUT2D eigenvalue weighted by Gasteiger charge is 2.19. The van der Waals surface area contributed by atoms with E-state index in [9.17, 15) is 13.2 Å². The van der Waals surface area contributed by atoms with Crippen molar-refractivity contribution < 1.29 is 13.2 Å². The average molecular weight is 580 g/mol. The van der Waals surface area contributed by atoms with E-state index >= 15 is 0 Å². The molecule has 0 amide bonds. The summed E-state index contributed by atoms with van der Waals surface area (Å²) in [6.07, 6.45) is 0. The highest BCUT2D eigenvalue weighted by molar-refractivity contribution is 14.1. The van der Waals surface area contributed by atoms with Crippen LogP contribution < -0.4 is 0 Å². The van der Waals surface area contributed by atoms with Crippen LogP contribution in [0.25, 0.3) is 0 Å². The van der Waals surface area contributed by atoms with Crippen molar-refractivity contribution in [3.63, 3.8) is 0 Å². The molecule has 0 spiro atoms. The van der Waals surface area contributed by atoms with Crippen LogP contribution in [-0.2, 0) is 0 Å². The number of hydrogen-bond donors (Lipinski definition) is 0. The van der Waals surface area contributed by atoms with Crippen molar-refractivity contribution in [1.82, 2.24) is 0 Å². The summed E-state index contributed by atoms with van der Waals surface area (Å²) in [5.41, 5.74) is 0. The van der Waals surface area contributed by atoms with Crippen LogP contribution in [0.3, 0.4) is 0 Å². The summed E-state index contributed by atoms with van der Waals surface area (Å²) >= 11 is 0.378. The van der Waals surface area contributed by atoms with Crippen LogP contribution in [0, 0.1) is 0 Å². The van der Waals surface area contributed by atoms with Crippen LogP contribution in [0.1, 0.15) is 0 Å². The molecule has 0 fully saturated rings. The lowest BCUT2D eigenvalue weighted by Gasteiger charge is -1.85. The molecular formula is CH3F3I4. The van der Waals surface area contributed by atoms with Gasteiger partial charge in [-0.2, -0.15) is 13.2 Å². The molecule has 0 unspecified atom stereocenters. The third-order valence-corrected chi connectivity index (χ3v) is 0. The molecule has 0 aliphatic carbocycles. The fourth-order valence-corrected chi connectivity index (χ4v) is 0. The summed E-state index contributed by atoms with van der Waals surface area (Å²) in [5.74, 6) is 0. The average Bonchev–Trinajstić information content (AvgIpc) is 0.722. The van der Waals surface area contributed by atoms with E-state index in [4.69, 9.17) is 0 Å². The van der Waals surface area contributed by atoms with Gasteiger partial charge in [-0.05, 0) is 0 Å². The number of hydrogen-bond acceptors (Lipinski definition) is 0. The van der Waals surface area contributed by atoms with Crippen molar-refractivity contribution in [1.29, 1.82) is 0 Å². The maximum Gasteiger partial charge on any atom is 0.441 e. The predicted molar refractivity (Wildman–Crippen MR) is 66.3 cm³/mol. The molecule has 0 bridgehead atoms. The van der Waals surface area contributed by atoms with E-state index in [-0.39, 0.29) is 71.9 Å². The van der Waals surface area contributed by atoms with Gasteiger partial charge in [-0.3, -0.25) is 0 Å². The highest BCUT2D eigenvalue weighted by atomic mass is 127. The van der Waals surface area contributed by atoms with Gasteiger partial charge < -0.3 is 0 Å². The molecule has 0 radical (unpaired) electrons. The van der Waals surface area contributed by atoms with Crippen LogP contribution in [0.4, 0.5) is 13.2 Å². The Morgan fingerprint density at radius 3 is 0.875 bits per heavy atom. The Morgan fingerprint density at radius 1 is 0.875 bits per heavy atom. The quantitative estimate of drug-likeness (QED) is 0.303. The van der Waals surface area contributed by atoms with E-state index in [1.165, 1.54) is 0 Å². The van der Waals surface area contributed by atoms with Gasteiger partial charge in [0.25, 0.3) is 0 Å². The molecule has 0 aromatic rings. The molecule has 0 aliphatic heterocycles. The summed E-state index contributed by atoms with van der Waals surface area (Å²) in [6.45, 7) is 0. The maximum atomic E-state index is 10.3. The first kappa shape index (κ1) is 22.4. The van der Waals surface area contributed by atoms with Crippen LogP contribution in [-0.4, -0.2) is 4.18 Å². The van der Waals surface area contributed by atoms with E-state index < -0.39 is 4.18 Å². The molecule has 0 saturated carbocycles. The van der Waals surface area contributed by atoms with Crippen LogP contribution in [0.15, 0.2) is 0 Å². The third kappa shape index (κ3) is 70.5. The molecule has 0 heterocycles. The summed E-state index contributed by atoms with van der Waals surface area (Å²) < 4.78 is 27.0. The monoisotopic (exact) mass is 580 g/mol. The molecule has 8 heavy (non-hydrogen) atoms. The second-order valence-corrected chi connectivity index (χ2v) is 1.65. The van der Waals surface area contributed by atoms with Crippen LogP contribution >= 0.6 is 94.5 Å². The van der Waals surface area contributed by atoms with Crippen molar-refractivity contribution >= 4 is 94.5 Å². The largest absolute Gasteiger partial charge is 0.441 e. The summed E-state index contributed by atoms with van der Waals surface area (Å²) in [7, 11) is 0. The number of halogens is 7. The summed E-state index contributed by atoms with van der Waals surface area (Å²) in [5, 5.41) is 0. The highest BCUT2D eigenvalue weighted by Crippen LogP contribution is 2.22. The zero-order valence-electron chi connectivity index (χ0n) is 3.24. The molecule has 0 rings (SSSR count). The molecule has 0 aromatic heterocycles. The topological polar surface area (TPSA) is 0 Å². The standard InChI is InChI=1S/CF3I.3HI/c2-1(3,4)5;;;/h;3*1H. The van der Waals surface area contributed by atoms with Crippen molar-refractivity contribution in [2.24, 2.45) is 0 Å². The van der Waals surface area contributed by atoms with Gasteiger partial charge >= 0.3 is 4.18 Å². The molecule has 0 saturated heterocycles. The van der Waals surface area contributed by atoms with Crippen LogP contribution in [0.2, 0.25) is 0 Å². The maximum absolute atomic E-state index is 10.3. The Morgan fingerprint density at radius 2 is 0.875 bits per heavy atom. The van der Waals surface area contributed by atoms with E-state index in [0.717, 1.165) is 0 Å². The third-order valence-electron chi connectivity index (χ3n) is 0. The van der Waals surface area contributed by atoms with Crippen molar-refractivity contribution in [2.45, 2.75) is 4.18 Å². The van der Waals surface area contributed by atoms with Crippen molar-refractivity contribution in [2.75, 3.05) is 0 Å². The normalized spacial score (nSPS) is 7.50. The first-order chi connectivity index (χ1) is 2.00. The van der Waals surface area contributed by atoms with Gasteiger partial charge in [-0.25, -0.2) is 0 Å². The number of rotatable bonds is 0. The van der Waals surface area contributed by atoms with Gasteiger partial charge in [0.05, 0.1) is 0 Å². The van der Waals surface area contributed by atoms with E-state index in [1.54, 1.807) is 0 Å². The van der Waals surface area contributed by atoms with Gasteiger partial charge in [-0.15, -0.1) is 71.9 Å². The summed E-state index contributed by atoms with van der Waals surface area (Å²) in [4.78, 5) is 0. The molecule has 0 atom stereocenters. The van der Waals surface area contributed by atoms with Crippen molar-refractivity contribution in [3.8, 4) is 0 Å². The lowest BCUT2D eigenvalue weighted by Crippen LogP contribution is -1.87. The minimum absolute atomic E-state index is 0. The molecule has 0 aliphatic rings. The zero-order valence-corrected chi connectivity index (χ0v) is 12.4. The first-order valence-corrected chi connectivity index (χ1v) is 1.83. The van der Waals surface area contributed by atoms with E-state index in [1.807, 2.05) is 0 Å². The zero-order chi connectivity index (χ0) is 4.50. The lowest BCUT2D eigenvalue weighted by atomic mass is 11.6. The fraction of sp³-hybridized carbons (Fsp3) is 1.00. The molecular weight excluding hydrogens is 577 g/mol. The van der Waals surface area contributed by atoms with Gasteiger partial charge in [0, 0.05) is 22.6 Å².